The molecule has 43 heavy (non-hydrogen) atoms. The van der Waals surface area contributed by atoms with Gasteiger partial charge in [-0.3, -0.25) is 4.79 Å². The molecule has 0 aliphatic carbocycles. The summed E-state index contributed by atoms with van der Waals surface area (Å²) in [4.78, 5) is 14.3. The molecular formula is C37H56O5S. The van der Waals surface area contributed by atoms with Gasteiger partial charge in [-0.1, -0.05) is 121 Å². The van der Waals surface area contributed by atoms with Crippen LogP contribution < -0.4 is 18.9 Å². The lowest BCUT2D eigenvalue weighted by Crippen LogP contribution is -2.04. The molecule has 2 aromatic carbocycles. The fraction of sp³-hybridized carbons (Fsp3) is 0.595. The van der Waals surface area contributed by atoms with Gasteiger partial charge in [0.2, 0.25) is 11.5 Å². The first-order valence-electron chi connectivity index (χ1n) is 16.4. The van der Waals surface area contributed by atoms with Crippen molar-refractivity contribution in [1.29, 1.82) is 0 Å². The van der Waals surface area contributed by atoms with Crippen molar-refractivity contribution in [3.8, 4) is 23.0 Å². The average Bonchev–Trinajstić information content (AvgIpc) is 3.04. The van der Waals surface area contributed by atoms with Crippen LogP contribution in [0.15, 0.2) is 41.3 Å². The summed E-state index contributed by atoms with van der Waals surface area (Å²) < 4.78 is 21.8. The molecule has 0 heterocycles. The Morgan fingerprint density at radius 2 is 1.12 bits per heavy atom. The number of hydrogen-bond donors (Lipinski definition) is 0. The normalized spacial score (nSPS) is 11.2. The molecule has 6 heteroatoms. The maximum Gasteiger partial charge on any atom is 0.208 e. The minimum Gasteiger partial charge on any atom is -0.493 e. The number of carbonyl (C=O) groups is 1. The summed E-state index contributed by atoms with van der Waals surface area (Å²) in [5.74, 6) is 2.37. The molecule has 0 radical (unpaired) electrons. The molecule has 0 bridgehead atoms. The van der Waals surface area contributed by atoms with Crippen molar-refractivity contribution in [2.45, 2.75) is 115 Å². The van der Waals surface area contributed by atoms with E-state index in [-0.39, 0.29) is 5.78 Å². The van der Waals surface area contributed by atoms with Crippen molar-refractivity contribution in [3.63, 3.8) is 0 Å². The third-order valence-corrected chi connectivity index (χ3v) is 8.93. The summed E-state index contributed by atoms with van der Waals surface area (Å²) in [6.07, 6.45) is 25.7. The zero-order valence-corrected chi connectivity index (χ0v) is 28.3. The zero-order chi connectivity index (χ0) is 31.1. The second-order valence-corrected chi connectivity index (χ2v) is 12.3. The Bertz CT molecular complexity index is 1060. The lowest BCUT2D eigenvalue weighted by atomic mass is 10.0. The van der Waals surface area contributed by atoms with Gasteiger partial charge in [0, 0.05) is 4.90 Å². The third-order valence-electron chi connectivity index (χ3n) is 7.83. The molecular weight excluding hydrogens is 556 g/mol. The van der Waals surface area contributed by atoms with Crippen LogP contribution in [0.1, 0.15) is 126 Å². The summed E-state index contributed by atoms with van der Waals surface area (Å²) in [5, 5.41) is 0. The highest BCUT2D eigenvalue weighted by Gasteiger charge is 2.24. The number of benzene rings is 2. The van der Waals surface area contributed by atoms with Gasteiger partial charge < -0.3 is 18.9 Å². The van der Waals surface area contributed by atoms with Crippen LogP contribution in [0.25, 0.3) is 6.08 Å². The van der Waals surface area contributed by atoms with E-state index in [0.717, 1.165) is 11.3 Å². The number of ether oxygens (including phenoxy) is 4. The topological polar surface area (TPSA) is 54.0 Å². The quantitative estimate of drug-likeness (QED) is 0.0481. The van der Waals surface area contributed by atoms with Gasteiger partial charge in [0.1, 0.15) is 0 Å². The lowest BCUT2D eigenvalue weighted by molar-refractivity contribution is 0.104. The van der Waals surface area contributed by atoms with Gasteiger partial charge in [0.15, 0.2) is 17.3 Å². The summed E-state index contributed by atoms with van der Waals surface area (Å²) in [6, 6.07) is 9.96. The van der Waals surface area contributed by atoms with E-state index in [4.69, 9.17) is 18.9 Å². The van der Waals surface area contributed by atoms with E-state index >= 15 is 0 Å². The van der Waals surface area contributed by atoms with Crippen LogP contribution in [0.4, 0.5) is 0 Å². The highest BCUT2D eigenvalue weighted by Crippen LogP contribution is 2.46. The molecule has 0 amide bonds. The van der Waals surface area contributed by atoms with E-state index in [1.165, 1.54) is 136 Å². The molecule has 0 fully saturated rings. The van der Waals surface area contributed by atoms with Crippen LogP contribution in [0, 0.1) is 0 Å². The van der Waals surface area contributed by atoms with Gasteiger partial charge in [-0.25, -0.2) is 0 Å². The molecule has 0 atom stereocenters. The first kappa shape index (κ1) is 36.6. The molecule has 0 aromatic heterocycles. The highest BCUT2D eigenvalue weighted by molar-refractivity contribution is 7.99. The minimum absolute atomic E-state index is 0.210. The fourth-order valence-corrected chi connectivity index (χ4v) is 6.21. The fourth-order valence-electron chi connectivity index (χ4n) is 5.29. The van der Waals surface area contributed by atoms with E-state index in [0.29, 0.717) is 28.6 Å². The minimum atomic E-state index is -0.210. The standard InChI is InChI=1S/C37H56O5S/c1-6-7-8-9-10-11-12-13-14-15-16-17-18-19-20-21-28-43-31-25-22-30(23-26-31)24-27-33(38)32-29-34(39-2)36(41-4)37(42-5)35(32)40-3/h22-27,29H,6-21,28H2,1-5H3/b27-24+. The highest BCUT2D eigenvalue weighted by atomic mass is 32.2. The monoisotopic (exact) mass is 612 g/mol. The molecule has 2 aromatic rings. The Morgan fingerprint density at radius 1 is 0.628 bits per heavy atom. The molecule has 0 saturated carbocycles. The molecule has 0 unspecified atom stereocenters. The van der Waals surface area contributed by atoms with Gasteiger partial charge >= 0.3 is 0 Å². The Kier molecular flexibility index (Phi) is 19.5. The Balaban J connectivity index is 1.62. The van der Waals surface area contributed by atoms with Crippen LogP contribution >= 0.6 is 11.8 Å². The van der Waals surface area contributed by atoms with Gasteiger partial charge in [0.25, 0.3) is 0 Å². The number of rotatable bonds is 25. The SMILES string of the molecule is CCCCCCCCCCCCCCCCCCSc1ccc(/C=C/C(=O)c2cc(OC)c(OC)c(OC)c2OC)cc1. The molecule has 0 aliphatic rings. The van der Waals surface area contributed by atoms with Crippen molar-refractivity contribution < 1.29 is 23.7 Å². The zero-order valence-electron chi connectivity index (χ0n) is 27.5. The molecule has 2 rings (SSSR count). The van der Waals surface area contributed by atoms with Crippen LogP contribution in [0.5, 0.6) is 23.0 Å². The molecule has 0 aliphatic heterocycles. The predicted molar refractivity (Wildman–Crippen MR) is 183 cm³/mol. The summed E-state index contributed by atoms with van der Waals surface area (Å²) in [6.45, 7) is 2.29. The van der Waals surface area contributed by atoms with Gasteiger partial charge in [-0.05, 0) is 42.0 Å². The van der Waals surface area contributed by atoms with Crippen molar-refractivity contribution in [3.05, 3.63) is 47.5 Å². The third kappa shape index (κ3) is 13.7. The summed E-state index contributed by atoms with van der Waals surface area (Å²) in [5.41, 5.74) is 1.31. The van der Waals surface area contributed by atoms with E-state index in [2.05, 4.69) is 19.1 Å². The lowest BCUT2D eigenvalue weighted by Gasteiger charge is -2.17. The van der Waals surface area contributed by atoms with Crippen molar-refractivity contribution in [2.75, 3.05) is 34.2 Å². The summed E-state index contributed by atoms with van der Waals surface area (Å²) >= 11 is 1.91. The van der Waals surface area contributed by atoms with Crippen molar-refractivity contribution in [1.82, 2.24) is 0 Å². The molecule has 240 valence electrons. The predicted octanol–water partition coefficient (Wildman–Crippen LogP) is 11.0. The maximum absolute atomic E-state index is 13.1. The average molecular weight is 613 g/mol. The van der Waals surface area contributed by atoms with E-state index < -0.39 is 0 Å². The molecule has 5 nitrogen and oxygen atoms in total. The largest absolute Gasteiger partial charge is 0.493 e. The van der Waals surface area contributed by atoms with Crippen LogP contribution in [0.2, 0.25) is 0 Å². The van der Waals surface area contributed by atoms with Crippen LogP contribution in [0.3, 0.4) is 0 Å². The maximum atomic E-state index is 13.1. The van der Waals surface area contributed by atoms with E-state index in [1.54, 1.807) is 12.1 Å². The van der Waals surface area contributed by atoms with Crippen LogP contribution in [-0.2, 0) is 0 Å². The molecule has 0 spiro atoms. The first-order chi connectivity index (χ1) is 21.1. The molecule has 0 N–H and O–H groups in total. The second-order valence-electron chi connectivity index (χ2n) is 11.1. The smallest absolute Gasteiger partial charge is 0.208 e. The number of unbranched alkanes of at least 4 members (excludes halogenated alkanes) is 15. The van der Waals surface area contributed by atoms with Gasteiger partial charge in [-0.2, -0.15) is 0 Å². The number of hydrogen-bond acceptors (Lipinski definition) is 6. The number of allylic oxidation sites excluding steroid dienone is 1. The second kappa shape index (κ2) is 22.9. The van der Waals surface area contributed by atoms with E-state index in [1.807, 2.05) is 30.0 Å². The Hall–Kier alpha value is -2.60. The number of carbonyl (C=O) groups excluding carboxylic acids is 1. The first-order valence-corrected chi connectivity index (χ1v) is 17.4. The molecule has 0 saturated heterocycles. The number of ketones is 1. The number of methoxy groups -OCH3 is 4. The Labute approximate surface area is 266 Å². The van der Waals surface area contributed by atoms with E-state index in [9.17, 15) is 4.79 Å². The van der Waals surface area contributed by atoms with Crippen LogP contribution in [-0.4, -0.2) is 40.0 Å². The van der Waals surface area contributed by atoms with Gasteiger partial charge in [-0.15, -0.1) is 11.8 Å². The number of thioether (sulfide) groups is 1. The van der Waals surface area contributed by atoms with Crippen molar-refractivity contribution >= 4 is 23.6 Å². The van der Waals surface area contributed by atoms with Gasteiger partial charge in [0.05, 0.1) is 34.0 Å². The Morgan fingerprint density at radius 3 is 1.58 bits per heavy atom. The summed E-state index contributed by atoms with van der Waals surface area (Å²) in [7, 11) is 6.04. The van der Waals surface area contributed by atoms with Crippen molar-refractivity contribution in [2.24, 2.45) is 0 Å².